The Balaban J connectivity index is 1.81. The van der Waals surface area contributed by atoms with E-state index in [1.165, 1.54) is 34.5 Å². The monoisotopic (exact) mass is 410 g/mol. The Labute approximate surface area is 162 Å². The fraction of sp³-hybridized carbons (Fsp3) is 0.111. The highest BCUT2D eigenvalue weighted by molar-refractivity contribution is 8.00. The Morgan fingerprint density at radius 3 is 2.69 bits per heavy atom. The number of anilines is 1. The topological polar surface area (TPSA) is 51.1 Å². The molecule has 0 radical (unpaired) electrons. The van der Waals surface area contributed by atoms with E-state index in [0.29, 0.717) is 15.6 Å². The maximum atomic E-state index is 13.1. The molecule has 0 bridgehead atoms. The van der Waals surface area contributed by atoms with Crippen molar-refractivity contribution in [2.75, 3.05) is 11.1 Å². The van der Waals surface area contributed by atoms with E-state index in [-0.39, 0.29) is 22.2 Å². The fourth-order valence-corrected chi connectivity index (χ4v) is 3.69. The van der Waals surface area contributed by atoms with Gasteiger partial charge in [0.2, 0.25) is 5.91 Å². The zero-order valence-corrected chi connectivity index (χ0v) is 15.9. The predicted octanol–water partition coefficient (Wildman–Crippen LogP) is 4.72. The Kier molecular flexibility index (Phi) is 5.55. The Morgan fingerprint density at radius 2 is 1.96 bits per heavy atom. The van der Waals surface area contributed by atoms with Crippen molar-refractivity contribution in [1.29, 1.82) is 0 Å². The molecule has 0 aliphatic heterocycles. The van der Waals surface area contributed by atoms with Gasteiger partial charge in [0.25, 0.3) is 5.56 Å². The lowest BCUT2D eigenvalue weighted by molar-refractivity contribution is -0.113. The number of hydrogen-bond acceptors (Lipinski definition) is 3. The Bertz CT molecular complexity index is 1070. The van der Waals surface area contributed by atoms with Crippen LogP contribution in [0.5, 0.6) is 0 Å². The number of carbonyl (C=O) groups is 1. The Morgan fingerprint density at radius 1 is 1.19 bits per heavy atom. The summed E-state index contributed by atoms with van der Waals surface area (Å²) in [7, 11) is 1.68. The lowest BCUT2D eigenvalue weighted by Crippen LogP contribution is -2.17. The van der Waals surface area contributed by atoms with Gasteiger partial charge in [0.1, 0.15) is 5.82 Å². The molecule has 2 aromatic carbocycles. The van der Waals surface area contributed by atoms with E-state index in [9.17, 15) is 14.0 Å². The van der Waals surface area contributed by atoms with E-state index < -0.39 is 5.82 Å². The SMILES string of the molecule is Cn1c(=O)cc(SCC(=O)Nc2ccc(F)cc2Cl)c2cc(Cl)ccc21. The van der Waals surface area contributed by atoms with Gasteiger partial charge in [-0.05, 0) is 36.4 Å². The maximum absolute atomic E-state index is 13.1. The van der Waals surface area contributed by atoms with E-state index in [1.54, 1.807) is 25.2 Å². The first kappa shape index (κ1) is 18.8. The second kappa shape index (κ2) is 7.70. The van der Waals surface area contributed by atoms with Gasteiger partial charge in [-0.2, -0.15) is 0 Å². The van der Waals surface area contributed by atoms with Gasteiger partial charge in [-0.3, -0.25) is 9.59 Å². The molecule has 0 saturated carbocycles. The Hall–Kier alpha value is -2.02. The summed E-state index contributed by atoms with van der Waals surface area (Å²) in [5, 5.41) is 4.08. The van der Waals surface area contributed by atoms with Crippen LogP contribution < -0.4 is 10.9 Å². The van der Waals surface area contributed by atoms with Crippen LogP contribution in [0.1, 0.15) is 0 Å². The van der Waals surface area contributed by atoms with Crippen molar-refractivity contribution in [3.8, 4) is 0 Å². The van der Waals surface area contributed by atoms with Crippen molar-refractivity contribution in [2.45, 2.75) is 4.90 Å². The van der Waals surface area contributed by atoms with Crippen LogP contribution in [0, 0.1) is 5.82 Å². The van der Waals surface area contributed by atoms with E-state index in [1.807, 2.05) is 0 Å². The second-order valence-electron chi connectivity index (χ2n) is 5.53. The molecule has 134 valence electrons. The molecule has 0 fully saturated rings. The van der Waals surface area contributed by atoms with E-state index >= 15 is 0 Å². The molecule has 1 aromatic heterocycles. The molecule has 0 unspecified atom stereocenters. The third-order valence-electron chi connectivity index (χ3n) is 3.73. The van der Waals surface area contributed by atoms with Gasteiger partial charge < -0.3 is 9.88 Å². The molecule has 3 aromatic rings. The summed E-state index contributed by atoms with van der Waals surface area (Å²) in [6.07, 6.45) is 0. The number of aromatic nitrogens is 1. The summed E-state index contributed by atoms with van der Waals surface area (Å²) < 4.78 is 14.6. The smallest absolute Gasteiger partial charge is 0.251 e. The number of pyridine rings is 1. The van der Waals surface area contributed by atoms with Crippen LogP contribution in [-0.4, -0.2) is 16.2 Å². The number of carbonyl (C=O) groups excluding carboxylic acids is 1. The molecule has 0 saturated heterocycles. The number of aryl methyl sites for hydroxylation is 1. The van der Waals surface area contributed by atoms with Crippen molar-refractivity contribution in [1.82, 2.24) is 4.57 Å². The van der Waals surface area contributed by atoms with Gasteiger partial charge in [-0.25, -0.2) is 4.39 Å². The normalized spacial score (nSPS) is 10.9. The van der Waals surface area contributed by atoms with Crippen LogP contribution in [0.15, 0.2) is 52.2 Å². The van der Waals surface area contributed by atoms with Crippen LogP contribution in [0.3, 0.4) is 0 Å². The van der Waals surface area contributed by atoms with Crippen molar-refractivity contribution in [2.24, 2.45) is 7.05 Å². The average Bonchev–Trinajstić information content (AvgIpc) is 2.59. The van der Waals surface area contributed by atoms with Gasteiger partial charge in [0.15, 0.2) is 0 Å². The highest BCUT2D eigenvalue weighted by Gasteiger charge is 2.11. The molecule has 4 nitrogen and oxygen atoms in total. The molecule has 1 N–H and O–H groups in total. The summed E-state index contributed by atoms with van der Waals surface area (Å²) in [5.74, 6) is -0.743. The number of hydrogen-bond donors (Lipinski definition) is 1. The molecule has 8 heteroatoms. The fourth-order valence-electron chi connectivity index (χ4n) is 2.44. The summed E-state index contributed by atoms with van der Waals surface area (Å²) in [6, 6.07) is 10.4. The van der Waals surface area contributed by atoms with E-state index in [0.717, 1.165) is 17.0 Å². The largest absolute Gasteiger partial charge is 0.324 e. The van der Waals surface area contributed by atoms with Gasteiger partial charge in [0, 0.05) is 28.4 Å². The first-order chi connectivity index (χ1) is 12.3. The van der Waals surface area contributed by atoms with Crippen molar-refractivity contribution < 1.29 is 9.18 Å². The summed E-state index contributed by atoms with van der Waals surface area (Å²) >= 11 is 13.2. The summed E-state index contributed by atoms with van der Waals surface area (Å²) in [6.45, 7) is 0. The first-order valence-corrected chi connectivity index (χ1v) is 9.26. The average molecular weight is 411 g/mol. The molecule has 0 atom stereocenters. The van der Waals surface area contributed by atoms with Gasteiger partial charge in [0.05, 0.1) is 22.0 Å². The van der Waals surface area contributed by atoms with Gasteiger partial charge in [-0.15, -0.1) is 11.8 Å². The number of rotatable bonds is 4. The van der Waals surface area contributed by atoms with Crippen LogP contribution in [0.2, 0.25) is 10.0 Å². The molecular weight excluding hydrogens is 398 g/mol. The van der Waals surface area contributed by atoms with Gasteiger partial charge >= 0.3 is 0 Å². The highest BCUT2D eigenvalue weighted by atomic mass is 35.5. The number of fused-ring (bicyclic) bond motifs is 1. The zero-order valence-electron chi connectivity index (χ0n) is 13.6. The summed E-state index contributed by atoms with van der Waals surface area (Å²) in [5.41, 5.74) is 0.881. The molecule has 0 aliphatic rings. The third-order valence-corrected chi connectivity index (χ3v) is 5.34. The molecule has 3 rings (SSSR count). The quantitative estimate of drug-likeness (QED) is 0.633. The van der Waals surface area contributed by atoms with Crippen LogP contribution in [-0.2, 0) is 11.8 Å². The van der Waals surface area contributed by atoms with Crippen molar-refractivity contribution in [3.05, 3.63) is 68.7 Å². The highest BCUT2D eigenvalue weighted by Crippen LogP contribution is 2.29. The first-order valence-electron chi connectivity index (χ1n) is 7.52. The lowest BCUT2D eigenvalue weighted by Gasteiger charge is -2.11. The molecule has 0 aliphatic carbocycles. The third kappa shape index (κ3) is 4.03. The minimum atomic E-state index is -0.481. The molecule has 0 spiro atoms. The lowest BCUT2D eigenvalue weighted by atomic mass is 10.2. The van der Waals surface area contributed by atoms with Gasteiger partial charge in [-0.1, -0.05) is 23.2 Å². The van der Waals surface area contributed by atoms with Crippen LogP contribution in [0.25, 0.3) is 10.9 Å². The minimum absolute atomic E-state index is 0.0580. The second-order valence-corrected chi connectivity index (χ2v) is 7.39. The minimum Gasteiger partial charge on any atom is -0.324 e. The number of nitrogens with one attached hydrogen (secondary N) is 1. The number of thioether (sulfide) groups is 1. The molecular formula is C18H13Cl2FN2O2S. The molecule has 1 amide bonds. The van der Waals surface area contributed by atoms with Crippen LogP contribution in [0.4, 0.5) is 10.1 Å². The molecule has 26 heavy (non-hydrogen) atoms. The standard InChI is InChI=1S/C18H13Cl2FN2O2S/c1-23-15-5-2-10(19)6-12(15)16(8-18(23)25)26-9-17(24)22-14-4-3-11(21)7-13(14)20/h2-8H,9H2,1H3,(H,22,24). The number of amides is 1. The maximum Gasteiger partial charge on any atom is 0.251 e. The number of nitrogens with zero attached hydrogens (tertiary/aromatic N) is 1. The van der Waals surface area contributed by atoms with Crippen LogP contribution >= 0.6 is 35.0 Å². The van der Waals surface area contributed by atoms with Crippen molar-refractivity contribution >= 4 is 57.5 Å². The number of benzene rings is 2. The zero-order chi connectivity index (χ0) is 18.8. The van der Waals surface area contributed by atoms with Crippen molar-refractivity contribution in [3.63, 3.8) is 0 Å². The summed E-state index contributed by atoms with van der Waals surface area (Å²) in [4.78, 5) is 25.0. The molecule has 1 heterocycles. The van der Waals surface area contributed by atoms with E-state index in [2.05, 4.69) is 5.32 Å². The number of halogens is 3. The van der Waals surface area contributed by atoms with E-state index in [4.69, 9.17) is 23.2 Å². The predicted molar refractivity (Wildman–Crippen MR) is 105 cm³/mol.